The van der Waals surface area contributed by atoms with E-state index in [1.165, 1.54) is 0 Å². The first-order valence-corrected chi connectivity index (χ1v) is 7.66. The van der Waals surface area contributed by atoms with Crippen LogP contribution in [0.3, 0.4) is 0 Å². The molecule has 1 amide bonds. The second-order valence-electron chi connectivity index (χ2n) is 5.27. The van der Waals surface area contributed by atoms with Gasteiger partial charge in [-0.1, -0.05) is 17.7 Å². The fraction of sp³-hybridized carbons (Fsp3) is 0.125. The Morgan fingerprint density at radius 2 is 2.25 bits per heavy atom. The summed E-state index contributed by atoms with van der Waals surface area (Å²) in [6, 6.07) is 10.7. The zero-order valence-electron chi connectivity index (χ0n) is 12.4. The Balaban J connectivity index is 1.45. The maximum atomic E-state index is 12.3. The van der Waals surface area contributed by atoms with Gasteiger partial charge in [0.05, 0.1) is 0 Å². The van der Waals surface area contributed by atoms with Crippen molar-refractivity contribution in [2.45, 2.75) is 12.5 Å². The van der Waals surface area contributed by atoms with E-state index in [2.05, 4.69) is 25.5 Å². The van der Waals surface area contributed by atoms with Crippen LogP contribution in [0.1, 0.15) is 5.56 Å². The summed E-state index contributed by atoms with van der Waals surface area (Å²) in [5.74, 6) is 1.02. The summed E-state index contributed by atoms with van der Waals surface area (Å²) in [6.45, 7) is 0. The van der Waals surface area contributed by atoms with Crippen molar-refractivity contribution >= 4 is 23.5 Å². The largest absolute Gasteiger partial charge is 0.480 e. The fourth-order valence-corrected chi connectivity index (χ4v) is 2.68. The average molecular weight is 342 g/mol. The number of carbonyl (C=O) groups excluding carboxylic acids is 1. The number of pyridine rings is 1. The normalized spacial score (nSPS) is 15.6. The smallest absolute Gasteiger partial charge is 0.268 e. The second kappa shape index (κ2) is 5.93. The highest BCUT2D eigenvalue weighted by molar-refractivity contribution is 6.30. The highest BCUT2D eigenvalue weighted by atomic mass is 35.5. The number of ether oxygens (including phenoxy) is 1. The van der Waals surface area contributed by atoms with Gasteiger partial charge in [-0.3, -0.25) is 20.2 Å². The van der Waals surface area contributed by atoms with E-state index in [0.717, 1.165) is 5.56 Å². The number of nitrogens with one attached hydrogen (secondary N) is 2. The molecule has 1 aliphatic rings. The summed E-state index contributed by atoms with van der Waals surface area (Å²) in [7, 11) is 0. The molecule has 0 radical (unpaired) electrons. The molecule has 0 fully saturated rings. The van der Waals surface area contributed by atoms with Crippen molar-refractivity contribution in [1.82, 2.24) is 20.2 Å². The van der Waals surface area contributed by atoms with Crippen LogP contribution in [-0.2, 0) is 11.2 Å². The Kier molecular flexibility index (Phi) is 3.62. The van der Waals surface area contributed by atoms with Gasteiger partial charge in [0, 0.05) is 17.6 Å². The monoisotopic (exact) mass is 341 g/mol. The Morgan fingerprint density at radius 1 is 1.33 bits per heavy atom. The number of hydrogen-bond donors (Lipinski definition) is 2. The predicted octanol–water partition coefficient (Wildman–Crippen LogP) is 2.46. The molecule has 0 aliphatic carbocycles. The van der Waals surface area contributed by atoms with E-state index in [-0.39, 0.29) is 11.9 Å². The molecule has 4 rings (SSSR count). The molecule has 2 N–H and O–H groups in total. The Bertz CT molecular complexity index is 896. The third-order valence-corrected chi connectivity index (χ3v) is 3.85. The van der Waals surface area contributed by atoms with Gasteiger partial charge < -0.3 is 4.74 Å². The third-order valence-electron chi connectivity index (χ3n) is 3.62. The number of amides is 1. The van der Waals surface area contributed by atoms with Crippen LogP contribution < -0.4 is 10.1 Å². The zero-order chi connectivity index (χ0) is 16.5. The van der Waals surface area contributed by atoms with Crippen molar-refractivity contribution in [3.63, 3.8) is 0 Å². The van der Waals surface area contributed by atoms with Gasteiger partial charge in [0.15, 0.2) is 11.9 Å². The number of aromatic nitrogens is 4. The van der Waals surface area contributed by atoms with Crippen LogP contribution in [0.5, 0.6) is 5.75 Å². The molecule has 1 aliphatic heterocycles. The average Bonchev–Trinajstić information content (AvgIpc) is 3.22. The quantitative estimate of drug-likeness (QED) is 0.763. The van der Waals surface area contributed by atoms with Gasteiger partial charge >= 0.3 is 0 Å². The number of aromatic amines is 1. The topological polar surface area (TPSA) is 92.8 Å². The molecule has 7 nitrogen and oxygen atoms in total. The van der Waals surface area contributed by atoms with E-state index in [4.69, 9.17) is 16.3 Å². The highest BCUT2D eigenvalue weighted by Gasteiger charge is 2.30. The van der Waals surface area contributed by atoms with Crippen LogP contribution in [0, 0.1) is 0 Å². The van der Waals surface area contributed by atoms with Crippen molar-refractivity contribution in [2.75, 3.05) is 5.32 Å². The number of fused-ring (bicyclic) bond motifs is 1. The molecule has 8 heteroatoms. The van der Waals surface area contributed by atoms with Crippen molar-refractivity contribution in [2.24, 2.45) is 0 Å². The molecule has 3 heterocycles. The molecule has 0 saturated heterocycles. The Morgan fingerprint density at radius 3 is 3.08 bits per heavy atom. The molecule has 0 unspecified atom stereocenters. The number of benzene rings is 1. The molecule has 1 atom stereocenters. The van der Waals surface area contributed by atoms with Gasteiger partial charge in [0.1, 0.15) is 11.4 Å². The summed E-state index contributed by atoms with van der Waals surface area (Å²) in [4.78, 5) is 20.7. The number of hydrogen-bond acceptors (Lipinski definition) is 5. The summed E-state index contributed by atoms with van der Waals surface area (Å²) in [5.41, 5.74) is 1.55. The molecular formula is C16H12ClN5O2. The van der Waals surface area contributed by atoms with Crippen LogP contribution >= 0.6 is 11.6 Å². The number of nitrogens with zero attached hydrogens (tertiary/aromatic N) is 3. The summed E-state index contributed by atoms with van der Waals surface area (Å²) in [6.07, 6.45) is 1.49. The first kappa shape index (κ1) is 14.6. The summed E-state index contributed by atoms with van der Waals surface area (Å²) >= 11 is 5.96. The number of carbonyl (C=O) groups is 1. The van der Waals surface area contributed by atoms with E-state index in [1.54, 1.807) is 30.5 Å². The fourth-order valence-electron chi connectivity index (χ4n) is 2.49. The second-order valence-corrected chi connectivity index (χ2v) is 5.71. The molecule has 2 aromatic heterocycles. The highest BCUT2D eigenvalue weighted by Crippen LogP contribution is 2.31. The van der Waals surface area contributed by atoms with E-state index < -0.39 is 6.10 Å². The number of H-pyrrole nitrogens is 1. The summed E-state index contributed by atoms with van der Waals surface area (Å²) < 4.78 is 5.64. The summed E-state index contributed by atoms with van der Waals surface area (Å²) in [5, 5.41) is 9.99. The van der Waals surface area contributed by atoms with Gasteiger partial charge in [-0.2, -0.15) is 4.98 Å². The minimum Gasteiger partial charge on any atom is -0.480 e. The van der Waals surface area contributed by atoms with E-state index in [1.807, 2.05) is 12.1 Å². The Labute approximate surface area is 142 Å². The standard InChI is InChI=1S/C16H12ClN5O2/c17-10-4-5-12-9(7-10)8-13(24-12)15(23)20-16-19-14(21-22-16)11-3-1-2-6-18-11/h1-7,13H,8H2,(H2,19,20,21,22,23)/t13-/m0/s1. The molecule has 120 valence electrons. The minimum atomic E-state index is -0.629. The van der Waals surface area contributed by atoms with Crippen LogP contribution in [0.25, 0.3) is 11.5 Å². The molecule has 0 spiro atoms. The third kappa shape index (κ3) is 2.81. The zero-order valence-corrected chi connectivity index (χ0v) is 13.1. The molecule has 24 heavy (non-hydrogen) atoms. The maximum Gasteiger partial charge on any atom is 0.268 e. The number of anilines is 1. The Hall–Kier alpha value is -2.93. The van der Waals surface area contributed by atoms with E-state index in [9.17, 15) is 4.79 Å². The molecule has 1 aromatic carbocycles. The van der Waals surface area contributed by atoms with Crippen molar-refractivity contribution in [1.29, 1.82) is 0 Å². The first-order valence-electron chi connectivity index (χ1n) is 7.29. The minimum absolute atomic E-state index is 0.179. The number of rotatable bonds is 3. The maximum absolute atomic E-state index is 12.3. The van der Waals surface area contributed by atoms with Gasteiger partial charge in [-0.25, -0.2) is 0 Å². The van der Waals surface area contributed by atoms with E-state index in [0.29, 0.717) is 28.7 Å². The van der Waals surface area contributed by atoms with Gasteiger partial charge in [0.25, 0.3) is 5.91 Å². The first-order chi connectivity index (χ1) is 11.7. The molecule has 0 bridgehead atoms. The van der Waals surface area contributed by atoms with Crippen molar-refractivity contribution < 1.29 is 9.53 Å². The van der Waals surface area contributed by atoms with Crippen LogP contribution in [0.2, 0.25) is 5.02 Å². The van der Waals surface area contributed by atoms with Crippen molar-refractivity contribution in [3.05, 3.63) is 53.2 Å². The predicted molar refractivity (Wildman–Crippen MR) is 87.8 cm³/mol. The lowest BCUT2D eigenvalue weighted by atomic mass is 10.1. The lowest BCUT2D eigenvalue weighted by molar-refractivity contribution is -0.122. The van der Waals surface area contributed by atoms with Crippen LogP contribution in [-0.4, -0.2) is 32.2 Å². The van der Waals surface area contributed by atoms with Gasteiger partial charge in [0.2, 0.25) is 5.95 Å². The van der Waals surface area contributed by atoms with Crippen molar-refractivity contribution in [3.8, 4) is 17.3 Å². The SMILES string of the molecule is O=C(Nc1n[nH]c(-c2ccccn2)n1)[C@@H]1Cc2cc(Cl)ccc2O1. The molecule has 0 saturated carbocycles. The van der Waals surface area contributed by atoms with Crippen LogP contribution in [0.15, 0.2) is 42.6 Å². The lowest BCUT2D eigenvalue weighted by Gasteiger charge is -2.08. The van der Waals surface area contributed by atoms with Crippen LogP contribution in [0.4, 0.5) is 5.95 Å². The number of halogens is 1. The molecular weight excluding hydrogens is 330 g/mol. The van der Waals surface area contributed by atoms with Gasteiger partial charge in [-0.05, 0) is 35.9 Å². The molecule has 3 aromatic rings. The van der Waals surface area contributed by atoms with Gasteiger partial charge in [-0.15, -0.1) is 5.10 Å². The van der Waals surface area contributed by atoms with E-state index >= 15 is 0 Å². The lowest BCUT2D eigenvalue weighted by Crippen LogP contribution is -2.31.